The minimum atomic E-state index is 0.450. The first kappa shape index (κ1) is 14.3. The van der Waals surface area contributed by atoms with E-state index in [9.17, 15) is 0 Å². The lowest BCUT2D eigenvalue weighted by Crippen LogP contribution is -2.10. The van der Waals surface area contributed by atoms with Crippen LogP contribution in [0.4, 0.5) is 0 Å². The molecular formula is C16H14BrClOS. The van der Waals surface area contributed by atoms with Gasteiger partial charge in [-0.3, -0.25) is 0 Å². The minimum Gasteiger partial charge on any atom is -0.491 e. The van der Waals surface area contributed by atoms with Crippen molar-refractivity contribution in [3.8, 4) is 5.75 Å². The molecule has 0 spiro atoms. The molecule has 3 rings (SSSR count). The van der Waals surface area contributed by atoms with Crippen molar-refractivity contribution in [3.63, 3.8) is 0 Å². The maximum Gasteiger partial charge on any atom is 0.137 e. The van der Waals surface area contributed by atoms with Crippen LogP contribution in [0.25, 0.3) is 0 Å². The average molecular weight is 370 g/mol. The number of ether oxygens (including phenoxy) is 1. The fourth-order valence-corrected chi connectivity index (χ4v) is 4.34. The molecule has 1 aliphatic heterocycles. The Balaban J connectivity index is 1.75. The van der Waals surface area contributed by atoms with E-state index in [1.54, 1.807) is 0 Å². The number of rotatable bonds is 4. The molecule has 2 aromatic carbocycles. The van der Waals surface area contributed by atoms with Gasteiger partial charge < -0.3 is 4.74 Å². The first-order valence-electron chi connectivity index (χ1n) is 6.47. The van der Waals surface area contributed by atoms with Crippen LogP contribution in [0, 0.1) is 0 Å². The van der Waals surface area contributed by atoms with E-state index in [1.807, 2.05) is 30.0 Å². The van der Waals surface area contributed by atoms with Crippen LogP contribution in [0.1, 0.15) is 17.0 Å². The molecule has 20 heavy (non-hydrogen) atoms. The number of para-hydroxylation sites is 1. The van der Waals surface area contributed by atoms with Gasteiger partial charge in [-0.25, -0.2) is 0 Å². The fourth-order valence-electron chi connectivity index (χ4n) is 2.37. The van der Waals surface area contributed by atoms with Crippen LogP contribution in [-0.2, 0) is 5.88 Å². The van der Waals surface area contributed by atoms with Crippen molar-refractivity contribution in [1.29, 1.82) is 0 Å². The van der Waals surface area contributed by atoms with Gasteiger partial charge in [0, 0.05) is 22.1 Å². The maximum atomic E-state index is 6.05. The standard InChI is InChI=1S/C16H14BrClOS/c17-14-6-3-4-11(8-18)16(14)19-9-12-10-20-15-7-2-1-5-13(12)15/h1-7,12H,8-10H2. The molecule has 0 aromatic heterocycles. The zero-order valence-electron chi connectivity index (χ0n) is 10.8. The smallest absolute Gasteiger partial charge is 0.137 e. The van der Waals surface area contributed by atoms with Gasteiger partial charge in [-0.15, -0.1) is 23.4 Å². The summed E-state index contributed by atoms with van der Waals surface area (Å²) in [6, 6.07) is 14.5. The molecule has 1 unspecified atom stereocenters. The van der Waals surface area contributed by atoms with Crippen molar-refractivity contribution in [2.24, 2.45) is 0 Å². The Bertz CT molecular complexity index is 617. The molecule has 0 radical (unpaired) electrons. The average Bonchev–Trinajstić information content (AvgIpc) is 2.89. The molecule has 1 nitrogen and oxygen atoms in total. The summed E-state index contributed by atoms with van der Waals surface area (Å²) in [7, 11) is 0. The van der Waals surface area contributed by atoms with E-state index in [0.29, 0.717) is 18.4 Å². The van der Waals surface area contributed by atoms with Crippen molar-refractivity contribution in [1.82, 2.24) is 0 Å². The summed E-state index contributed by atoms with van der Waals surface area (Å²) < 4.78 is 7.02. The van der Waals surface area contributed by atoms with Crippen molar-refractivity contribution in [2.75, 3.05) is 12.4 Å². The number of fused-ring (bicyclic) bond motifs is 1. The lowest BCUT2D eigenvalue weighted by atomic mass is 10.0. The van der Waals surface area contributed by atoms with Gasteiger partial charge in [-0.2, -0.15) is 0 Å². The summed E-state index contributed by atoms with van der Waals surface area (Å²) in [6.45, 7) is 0.691. The van der Waals surface area contributed by atoms with E-state index < -0.39 is 0 Å². The van der Waals surface area contributed by atoms with Crippen molar-refractivity contribution in [2.45, 2.75) is 16.7 Å². The van der Waals surface area contributed by atoms with Crippen molar-refractivity contribution >= 4 is 39.3 Å². The van der Waals surface area contributed by atoms with Gasteiger partial charge in [0.1, 0.15) is 5.75 Å². The molecule has 0 saturated carbocycles. The molecule has 0 aliphatic carbocycles. The predicted octanol–water partition coefficient (Wildman–Crippen LogP) is 5.46. The maximum absolute atomic E-state index is 6.05. The molecule has 0 N–H and O–H groups in total. The third-order valence-corrected chi connectivity index (χ3v) is 5.58. The number of halogens is 2. The Kier molecular flexibility index (Phi) is 4.59. The lowest BCUT2D eigenvalue weighted by Gasteiger charge is -2.16. The highest BCUT2D eigenvalue weighted by Crippen LogP contribution is 2.40. The summed E-state index contributed by atoms with van der Waals surface area (Å²) in [6.07, 6.45) is 0. The molecule has 0 bridgehead atoms. The first-order chi connectivity index (χ1) is 9.79. The van der Waals surface area contributed by atoms with Crippen LogP contribution in [0.3, 0.4) is 0 Å². The monoisotopic (exact) mass is 368 g/mol. The molecule has 1 heterocycles. The lowest BCUT2D eigenvalue weighted by molar-refractivity contribution is 0.294. The van der Waals surface area contributed by atoms with Gasteiger partial charge in [-0.1, -0.05) is 30.3 Å². The van der Waals surface area contributed by atoms with Crippen molar-refractivity contribution < 1.29 is 4.74 Å². The van der Waals surface area contributed by atoms with Crippen LogP contribution in [0.15, 0.2) is 51.8 Å². The Labute approximate surface area is 136 Å². The molecule has 104 valence electrons. The topological polar surface area (TPSA) is 9.23 Å². The molecule has 0 fully saturated rings. The fraction of sp³-hybridized carbons (Fsp3) is 0.250. The summed E-state index contributed by atoms with van der Waals surface area (Å²) in [4.78, 5) is 1.38. The SMILES string of the molecule is ClCc1cccc(Br)c1OCC1CSc2ccccc21. The Morgan fingerprint density at radius 2 is 2.05 bits per heavy atom. The van der Waals surface area contributed by atoms with E-state index in [0.717, 1.165) is 21.5 Å². The van der Waals surface area contributed by atoms with Gasteiger partial charge in [0.15, 0.2) is 0 Å². The zero-order chi connectivity index (χ0) is 13.9. The number of hydrogen-bond acceptors (Lipinski definition) is 2. The quantitative estimate of drug-likeness (QED) is 0.662. The second kappa shape index (κ2) is 6.42. The van der Waals surface area contributed by atoms with E-state index in [1.165, 1.54) is 10.5 Å². The Morgan fingerprint density at radius 1 is 1.20 bits per heavy atom. The molecule has 2 aromatic rings. The summed E-state index contributed by atoms with van der Waals surface area (Å²) in [5.41, 5.74) is 2.43. The summed E-state index contributed by atoms with van der Waals surface area (Å²) in [5.74, 6) is 2.87. The molecule has 4 heteroatoms. The normalized spacial score (nSPS) is 17.0. The van der Waals surface area contributed by atoms with Crippen LogP contribution in [0.5, 0.6) is 5.75 Å². The molecule has 1 aliphatic rings. The predicted molar refractivity (Wildman–Crippen MR) is 89.1 cm³/mol. The number of benzene rings is 2. The van der Waals surface area contributed by atoms with E-state index >= 15 is 0 Å². The van der Waals surface area contributed by atoms with E-state index in [-0.39, 0.29) is 0 Å². The highest BCUT2D eigenvalue weighted by atomic mass is 79.9. The van der Waals surface area contributed by atoms with Crippen LogP contribution in [0.2, 0.25) is 0 Å². The summed E-state index contributed by atoms with van der Waals surface area (Å²) >= 11 is 11.4. The molecule has 1 atom stereocenters. The van der Waals surface area contributed by atoms with Gasteiger partial charge in [0.25, 0.3) is 0 Å². The molecular weight excluding hydrogens is 356 g/mol. The molecule has 0 saturated heterocycles. The van der Waals surface area contributed by atoms with Gasteiger partial charge in [-0.05, 0) is 33.6 Å². The van der Waals surface area contributed by atoms with Gasteiger partial charge in [0.05, 0.1) is 17.0 Å². The second-order valence-electron chi connectivity index (χ2n) is 4.72. The number of alkyl halides is 1. The first-order valence-corrected chi connectivity index (χ1v) is 8.79. The Morgan fingerprint density at radius 3 is 2.90 bits per heavy atom. The van der Waals surface area contributed by atoms with Crippen molar-refractivity contribution in [3.05, 3.63) is 58.1 Å². The largest absolute Gasteiger partial charge is 0.491 e. The van der Waals surface area contributed by atoms with E-state index in [2.05, 4.69) is 40.2 Å². The van der Waals surface area contributed by atoms with E-state index in [4.69, 9.17) is 16.3 Å². The highest BCUT2D eigenvalue weighted by molar-refractivity contribution is 9.10. The van der Waals surface area contributed by atoms with Crippen LogP contribution < -0.4 is 4.74 Å². The third kappa shape index (κ3) is 2.85. The van der Waals surface area contributed by atoms with Crippen LogP contribution >= 0.6 is 39.3 Å². The van der Waals surface area contributed by atoms with Gasteiger partial charge in [0.2, 0.25) is 0 Å². The molecule has 0 amide bonds. The highest BCUT2D eigenvalue weighted by Gasteiger charge is 2.23. The minimum absolute atomic E-state index is 0.450. The van der Waals surface area contributed by atoms with Crippen LogP contribution in [-0.4, -0.2) is 12.4 Å². The van der Waals surface area contributed by atoms with Gasteiger partial charge >= 0.3 is 0 Å². The third-order valence-electron chi connectivity index (χ3n) is 3.42. The number of hydrogen-bond donors (Lipinski definition) is 0. The zero-order valence-corrected chi connectivity index (χ0v) is 14.0. The summed E-state index contributed by atoms with van der Waals surface area (Å²) in [5, 5.41) is 0. The number of thioether (sulfide) groups is 1. The Hall–Kier alpha value is -0.640. The second-order valence-corrected chi connectivity index (χ2v) is 6.90.